The summed E-state index contributed by atoms with van der Waals surface area (Å²) in [4.78, 5) is 13.0. The predicted molar refractivity (Wildman–Crippen MR) is 122 cm³/mol. The molecular weight excluding hydrogens is 426 g/mol. The van der Waals surface area contributed by atoms with Crippen LogP contribution in [0.15, 0.2) is 83.8 Å². The quantitative estimate of drug-likeness (QED) is 0.425. The zero-order valence-electron chi connectivity index (χ0n) is 18.0. The average Bonchev–Trinajstić information content (AvgIpc) is 2.79. The number of carbonyl (C=O) groups is 1. The molecule has 0 aromatic heterocycles. The summed E-state index contributed by atoms with van der Waals surface area (Å²) in [5.74, 6) is -0.207. The van der Waals surface area contributed by atoms with Crippen LogP contribution < -0.4 is 4.74 Å². The number of esters is 1. The van der Waals surface area contributed by atoms with Crippen molar-refractivity contribution in [3.8, 4) is 16.9 Å². The van der Waals surface area contributed by atoms with Gasteiger partial charge >= 0.3 is 5.97 Å². The lowest BCUT2D eigenvalue weighted by Gasteiger charge is -2.34. The Morgan fingerprint density at radius 1 is 0.906 bits per heavy atom. The van der Waals surface area contributed by atoms with Crippen molar-refractivity contribution in [2.45, 2.75) is 31.0 Å². The highest BCUT2D eigenvalue weighted by Crippen LogP contribution is 2.30. The van der Waals surface area contributed by atoms with Crippen LogP contribution >= 0.6 is 0 Å². The van der Waals surface area contributed by atoms with Crippen molar-refractivity contribution in [2.24, 2.45) is 0 Å². The van der Waals surface area contributed by atoms with Crippen molar-refractivity contribution in [3.63, 3.8) is 0 Å². The van der Waals surface area contributed by atoms with Gasteiger partial charge in [-0.15, -0.1) is 0 Å². The summed E-state index contributed by atoms with van der Waals surface area (Å²) in [7, 11) is -3.76. The lowest BCUT2D eigenvalue weighted by Crippen LogP contribution is -2.48. The molecule has 3 aromatic carbocycles. The fourth-order valence-corrected chi connectivity index (χ4v) is 5.47. The summed E-state index contributed by atoms with van der Waals surface area (Å²) < 4.78 is 39.1. The minimum Gasteiger partial charge on any atom is -0.422 e. The Bertz CT molecular complexity index is 1200. The topological polar surface area (TPSA) is 72.9 Å². The fraction of sp³-hybridized carbons (Fsp3) is 0.240. The monoisotopic (exact) mass is 451 g/mol. The molecule has 0 amide bonds. The Balaban J connectivity index is 1.59. The Morgan fingerprint density at radius 3 is 2.28 bits per heavy atom. The van der Waals surface area contributed by atoms with Gasteiger partial charge in [0.2, 0.25) is 10.0 Å². The molecule has 166 valence electrons. The molecular formula is C25H25NO5S. The first-order valence-corrected chi connectivity index (χ1v) is 11.9. The standard InChI is InChI=1S/C25H25NO5S/c1-18-16-26(17-19(2)30-18)32(28,29)22-12-8-11-21(15-22)25(27)31-24-14-7-6-13-23(24)20-9-4-3-5-10-20/h3-15,18-19H,16-17H2,1-2H3/t18-,19+. The molecule has 0 radical (unpaired) electrons. The zero-order valence-corrected chi connectivity index (χ0v) is 18.8. The number of hydrogen-bond acceptors (Lipinski definition) is 5. The van der Waals surface area contributed by atoms with Gasteiger partial charge in [0.25, 0.3) is 0 Å². The van der Waals surface area contributed by atoms with Crippen molar-refractivity contribution >= 4 is 16.0 Å². The fourth-order valence-electron chi connectivity index (χ4n) is 3.83. The minimum absolute atomic E-state index is 0.0598. The first-order chi connectivity index (χ1) is 15.3. The molecule has 4 rings (SSSR count). The molecule has 1 aliphatic heterocycles. The van der Waals surface area contributed by atoms with Gasteiger partial charge in [-0.3, -0.25) is 0 Å². The number of hydrogen-bond donors (Lipinski definition) is 0. The maximum atomic E-state index is 13.2. The molecule has 1 heterocycles. The summed E-state index contributed by atoms with van der Waals surface area (Å²) in [6, 6.07) is 22.8. The van der Waals surface area contributed by atoms with Crippen LogP contribution in [0.2, 0.25) is 0 Å². The van der Waals surface area contributed by atoms with E-state index in [1.54, 1.807) is 24.3 Å². The van der Waals surface area contributed by atoms with E-state index in [2.05, 4.69) is 0 Å². The van der Waals surface area contributed by atoms with E-state index in [0.717, 1.165) is 11.1 Å². The summed E-state index contributed by atoms with van der Waals surface area (Å²) in [5, 5.41) is 0. The van der Waals surface area contributed by atoms with Crippen molar-refractivity contribution < 1.29 is 22.7 Å². The second-order valence-electron chi connectivity index (χ2n) is 7.86. The number of rotatable bonds is 5. The molecule has 7 heteroatoms. The van der Waals surface area contributed by atoms with Crippen LogP contribution in [-0.2, 0) is 14.8 Å². The van der Waals surface area contributed by atoms with E-state index >= 15 is 0 Å². The van der Waals surface area contributed by atoms with Gasteiger partial charge in [0.15, 0.2) is 0 Å². The predicted octanol–water partition coefficient (Wildman–Crippen LogP) is 4.37. The smallest absolute Gasteiger partial charge is 0.343 e. The van der Waals surface area contributed by atoms with Crippen LogP contribution in [0.25, 0.3) is 11.1 Å². The molecule has 3 aromatic rings. The molecule has 0 aliphatic carbocycles. The minimum atomic E-state index is -3.76. The van der Waals surface area contributed by atoms with E-state index in [1.165, 1.54) is 16.4 Å². The first kappa shape index (κ1) is 22.2. The van der Waals surface area contributed by atoms with E-state index in [9.17, 15) is 13.2 Å². The highest BCUT2D eigenvalue weighted by Gasteiger charge is 2.32. The molecule has 6 nitrogen and oxygen atoms in total. The van der Waals surface area contributed by atoms with E-state index in [0.29, 0.717) is 5.75 Å². The zero-order chi connectivity index (χ0) is 22.7. The molecule has 1 fully saturated rings. The van der Waals surface area contributed by atoms with E-state index in [1.807, 2.05) is 56.3 Å². The highest BCUT2D eigenvalue weighted by atomic mass is 32.2. The van der Waals surface area contributed by atoms with Gasteiger partial charge in [-0.2, -0.15) is 4.31 Å². The van der Waals surface area contributed by atoms with Crippen LogP contribution in [0.5, 0.6) is 5.75 Å². The van der Waals surface area contributed by atoms with Gasteiger partial charge < -0.3 is 9.47 Å². The molecule has 0 bridgehead atoms. The van der Waals surface area contributed by atoms with Crippen LogP contribution in [0.4, 0.5) is 0 Å². The van der Waals surface area contributed by atoms with Crippen molar-refractivity contribution in [2.75, 3.05) is 13.1 Å². The number of sulfonamides is 1. The number of morpholine rings is 1. The third-order valence-corrected chi connectivity index (χ3v) is 7.10. The number of nitrogens with zero attached hydrogens (tertiary/aromatic N) is 1. The average molecular weight is 452 g/mol. The molecule has 1 aliphatic rings. The van der Waals surface area contributed by atoms with Crippen LogP contribution in [0.1, 0.15) is 24.2 Å². The molecule has 0 saturated carbocycles. The van der Waals surface area contributed by atoms with Gasteiger partial charge in [-0.1, -0.05) is 54.6 Å². The molecule has 0 spiro atoms. The van der Waals surface area contributed by atoms with Crippen molar-refractivity contribution in [1.29, 1.82) is 0 Å². The Morgan fingerprint density at radius 2 is 1.56 bits per heavy atom. The largest absolute Gasteiger partial charge is 0.422 e. The molecule has 0 unspecified atom stereocenters. The normalized spacial score (nSPS) is 19.4. The summed E-state index contributed by atoms with van der Waals surface area (Å²) in [6.45, 7) is 4.23. The Labute approximate surface area is 188 Å². The highest BCUT2D eigenvalue weighted by molar-refractivity contribution is 7.89. The molecule has 1 saturated heterocycles. The lowest BCUT2D eigenvalue weighted by atomic mass is 10.0. The van der Waals surface area contributed by atoms with Crippen molar-refractivity contribution in [1.82, 2.24) is 4.31 Å². The van der Waals surface area contributed by atoms with Gasteiger partial charge in [-0.25, -0.2) is 13.2 Å². The van der Waals surface area contributed by atoms with Crippen molar-refractivity contribution in [3.05, 3.63) is 84.4 Å². The number of carbonyl (C=O) groups excluding carboxylic acids is 1. The van der Waals surface area contributed by atoms with Crippen LogP contribution in [0.3, 0.4) is 0 Å². The molecule has 0 N–H and O–H groups in total. The molecule has 2 atom stereocenters. The van der Waals surface area contributed by atoms with Crippen LogP contribution in [0, 0.1) is 0 Å². The van der Waals surface area contributed by atoms with Gasteiger partial charge in [0.1, 0.15) is 5.75 Å². The number of ether oxygens (including phenoxy) is 2. The summed E-state index contributed by atoms with van der Waals surface area (Å²) in [6.07, 6.45) is -0.396. The SMILES string of the molecule is C[C@@H]1CN(S(=O)(=O)c2cccc(C(=O)Oc3ccccc3-c3ccccc3)c2)C[C@H](C)O1. The third-order valence-electron chi connectivity index (χ3n) is 5.27. The van der Waals surface area contributed by atoms with Gasteiger partial charge in [0, 0.05) is 18.7 Å². The lowest BCUT2D eigenvalue weighted by molar-refractivity contribution is -0.0440. The van der Waals surface area contributed by atoms with E-state index < -0.39 is 16.0 Å². The second kappa shape index (κ2) is 9.24. The van der Waals surface area contributed by atoms with Crippen LogP contribution in [-0.4, -0.2) is 44.0 Å². The summed E-state index contributed by atoms with van der Waals surface area (Å²) in [5.41, 5.74) is 1.87. The number of para-hydroxylation sites is 1. The van der Waals surface area contributed by atoms with E-state index in [-0.39, 0.29) is 35.8 Å². The van der Waals surface area contributed by atoms with Gasteiger partial charge in [-0.05, 0) is 43.7 Å². The number of benzene rings is 3. The Hall–Kier alpha value is -3.00. The second-order valence-corrected chi connectivity index (χ2v) is 9.80. The third kappa shape index (κ3) is 4.75. The summed E-state index contributed by atoms with van der Waals surface area (Å²) >= 11 is 0. The first-order valence-electron chi connectivity index (χ1n) is 10.5. The molecule has 32 heavy (non-hydrogen) atoms. The maximum Gasteiger partial charge on any atom is 0.343 e. The van der Waals surface area contributed by atoms with Gasteiger partial charge in [0.05, 0.1) is 22.7 Å². The Kier molecular flexibility index (Phi) is 6.41. The maximum absolute atomic E-state index is 13.2. The van der Waals surface area contributed by atoms with E-state index in [4.69, 9.17) is 9.47 Å².